The monoisotopic (exact) mass is 180 g/mol. The highest BCUT2D eigenvalue weighted by atomic mass is 14.3. The summed E-state index contributed by atoms with van der Waals surface area (Å²) < 4.78 is 0. The lowest BCUT2D eigenvalue weighted by Crippen LogP contribution is -2.03. The lowest BCUT2D eigenvalue weighted by Gasteiger charge is -2.14. The zero-order valence-electron chi connectivity index (χ0n) is 9.26. The van der Waals surface area contributed by atoms with Crippen molar-refractivity contribution < 1.29 is 0 Å². The summed E-state index contributed by atoms with van der Waals surface area (Å²) in [6.07, 6.45) is 14.5. The summed E-state index contributed by atoms with van der Waals surface area (Å²) in [6.45, 7) is 4.54. The van der Waals surface area contributed by atoms with Gasteiger partial charge in [-0.1, -0.05) is 51.2 Å². The number of unbranched alkanes of at least 4 members (excludes halogenated alkanes) is 2. The van der Waals surface area contributed by atoms with E-state index in [4.69, 9.17) is 0 Å². The van der Waals surface area contributed by atoms with Crippen molar-refractivity contribution in [2.75, 3.05) is 0 Å². The van der Waals surface area contributed by atoms with Gasteiger partial charge in [0.2, 0.25) is 0 Å². The molecule has 1 rings (SSSR count). The molecule has 0 bridgehead atoms. The molecular formula is C13H24. The lowest BCUT2D eigenvalue weighted by molar-refractivity contribution is 0.378. The van der Waals surface area contributed by atoms with E-state index in [0.29, 0.717) is 0 Å². The van der Waals surface area contributed by atoms with Crippen molar-refractivity contribution in [2.45, 2.75) is 58.8 Å². The minimum absolute atomic E-state index is 1.02. The predicted octanol–water partition coefficient (Wildman–Crippen LogP) is 4.56. The molecule has 76 valence electrons. The minimum Gasteiger partial charge on any atom is -0.0917 e. The van der Waals surface area contributed by atoms with Gasteiger partial charge in [-0.15, -0.1) is 0 Å². The fraction of sp³-hybridized carbons (Fsp3) is 0.846. The molecule has 0 heteroatoms. The van der Waals surface area contributed by atoms with E-state index in [2.05, 4.69) is 26.0 Å². The van der Waals surface area contributed by atoms with Gasteiger partial charge in [-0.2, -0.15) is 0 Å². The Morgan fingerprint density at radius 2 is 2.08 bits per heavy atom. The third kappa shape index (κ3) is 3.97. The van der Waals surface area contributed by atoms with Gasteiger partial charge in [-0.3, -0.25) is 0 Å². The SMILES string of the molecule is C/C=C\CCCCC1CCC[C@H]1C. The van der Waals surface area contributed by atoms with Crippen LogP contribution in [0.25, 0.3) is 0 Å². The maximum atomic E-state index is 2.43. The standard InChI is InChI=1S/C13H24/c1-3-4-5-6-7-10-13-11-8-9-12(13)2/h3-4,12-13H,5-11H2,1-2H3/b4-3-/t12-,13?/m1/s1. The van der Waals surface area contributed by atoms with Crippen molar-refractivity contribution in [3.63, 3.8) is 0 Å². The minimum atomic E-state index is 1.02. The van der Waals surface area contributed by atoms with Crippen molar-refractivity contribution >= 4 is 0 Å². The summed E-state index contributed by atoms with van der Waals surface area (Å²) in [6, 6.07) is 0. The molecule has 0 radical (unpaired) electrons. The van der Waals surface area contributed by atoms with Crippen molar-refractivity contribution in [2.24, 2.45) is 11.8 Å². The fourth-order valence-corrected chi connectivity index (χ4v) is 2.49. The quantitative estimate of drug-likeness (QED) is 0.430. The van der Waals surface area contributed by atoms with E-state index in [1.165, 1.54) is 44.9 Å². The number of hydrogen-bond donors (Lipinski definition) is 0. The van der Waals surface area contributed by atoms with Crippen LogP contribution in [0.1, 0.15) is 58.8 Å². The Hall–Kier alpha value is -0.260. The van der Waals surface area contributed by atoms with Crippen LogP contribution in [-0.2, 0) is 0 Å². The Balaban J connectivity index is 1.99. The number of allylic oxidation sites excluding steroid dienone is 2. The van der Waals surface area contributed by atoms with Gasteiger partial charge in [0.1, 0.15) is 0 Å². The molecule has 1 fully saturated rings. The molecule has 0 N–H and O–H groups in total. The first kappa shape index (κ1) is 10.8. The van der Waals surface area contributed by atoms with E-state index >= 15 is 0 Å². The topological polar surface area (TPSA) is 0 Å². The molecule has 13 heavy (non-hydrogen) atoms. The molecule has 0 aromatic heterocycles. The summed E-state index contributed by atoms with van der Waals surface area (Å²) in [5.41, 5.74) is 0. The zero-order chi connectivity index (χ0) is 9.52. The smallest absolute Gasteiger partial charge is 0.0351 e. The van der Waals surface area contributed by atoms with Crippen LogP contribution < -0.4 is 0 Å². The van der Waals surface area contributed by atoms with Gasteiger partial charge in [0, 0.05) is 0 Å². The first-order valence-electron chi connectivity index (χ1n) is 5.95. The molecule has 0 heterocycles. The Morgan fingerprint density at radius 3 is 2.69 bits per heavy atom. The van der Waals surface area contributed by atoms with Gasteiger partial charge in [0.25, 0.3) is 0 Å². The van der Waals surface area contributed by atoms with E-state index in [9.17, 15) is 0 Å². The highest BCUT2D eigenvalue weighted by Crippen LogP contribution is 2.34. The van der Waals surface area contributed by atoms with Crippen LogP contribution in [0, 0.1) is 11.8 Å². The van der Waals surface area contributed by atoms with Crippen LogP contribution in [0.5, 0.6) is 0 Å². The third-order valence-corrected chi connectivity index (χ3v) is 3.47. The van der Waals surface area contributed by atoms with Crippen LogP contribution in [0.15, 0.2) is 12.2 Å². The highest BCUT2D eigenvalue weighted by molar-refractivity contribution is 4.78. The molecule has 1 aliphatic rings. The van der Waals surface area contributed by atoms with Gasteiger partial charge in [0.15, 0.2) is 0 Å². The van der Waals surface area contributed by atoms with Gasteiger partial charge < -0.3 is 0 Å². The van der Waals surface area contributed by atoms with E-state index in [1.807, 2.05) is 0 Å². The Bertz CT molecular complexity index is 146. The van der Waals surface area contributed by atoms with Crippen LogP contribution in [0.3, 0.4) is 0 Å². The molecule has 2 atom stereocenters. The number of rotatable bonds is 5. The van der Waals surface area contributed by atoms with E-state index in [-0.39, 0.29) is 0 Å². The van der Waals surface area contributed by atoms with Gasteiger partial charge in [0.05, 0.1) is 0 Å². The summed E-state index contributed by atoms with van der Waals surface area (Å²) >= 11 is 0. The molecule has 1 unspecified atom stereocenters. The predicted molar refractivity (Wildman–Crippen MR) is 59.8 cm³/mol. The third-order valence-electron chi connectivity index (χ3n) is 3.47. The van der Waals surface area contributed by atoms with Crippen LogP contribution in [0.2, 0.25) is 0 Å². The molecule has 1 aliphatic carbocycles. The average molecular weight is 180 g/mol. The molecule has 0 aliphatic heterocycles. The molecule has 0 saturated heterocycles. The zero-order valence-corrected chi connectivity index (χ0v) is 9.26. The van der Waals surface area contributed by atoms with Crippen molar-refractivity contribution in [3.05, 3.63) is 12.2 Å². The van der Waals surface area contributed by atoms with Gasteiger partial charge >= 0.3 is 0 Å². The second-order valence-electron chi connectivity index (χ2n) is 4.52. The molecule has 0 amide bonds. The molecular weight excluding hydrogens is 156 g/mol. The highest BCUT2D eigenvalue weighted by Gasteiger charge is 2.22. The van der Waals surface area contributed by atoms with Crippen LogP contribution >= 0.6 is 0 Å². The molecule has 0 aromatic rings. The second kappa shape index (κ2) is 6.23. The fourth-order valence-electron chi connectivity index (χ4n) is 2.49. The van der Waals surface area contributed by atoms with E-state index in [0.717, 1.165) is 11.8 Å². The Labute approximate surface area is 83.4 Å². The maximum Gasteiger partial charge on any atom is -0.0351 e. The van der Waals surface area contributed by atoms with Crippen LogP contribution in [0.4, 0.5) is 0 Å². The van der Waals surface area contributed by atoms with Gasteiger partial charge in [-0.25, -0.2) is 0 Å². The van der Waals surface area contributed by atoms with Crippen LogP contribution in [-0.4, -0.2) is 0 Å². The summed E-state index contributed by atoms with van der Waals surface area (Å²) in [5, 5.41) is 0. The first-order valence-corrected chi connectivity index (χ1v) is 5.95. The van der Waals surface area contributed by atoms with Crippen molar-refractivity contribution in [1.82, 2.24) is 0 Å². The second-order valence-corrected chi connectivity index (χ2v) is 4.52. The normalized spacial score (nSPS) is 28.8. The summed E-state index contributed by atoms with van der Waals surface area (Å²) in [7, 11) is 0. The Morgan fingerprint density at radius 1 is 1.23 bits per heavy atom. The Kier molecular flexibility index (Phi) is 5.19. The summed E-state index contributed by atoms with van der Waals surface area (Å²) in [5.74, 6) is 2.08. The largest absolute Gasteiger partial charge is 0.0917 e. The van der Waals surface area contributed by atoms with Crippen molar-refractivity contribution in [1.29, 1.82) is 0 Å². The van der Waals surface area contributed by atoms with Crippen molar-refractivity contribution in [3.8, 4) is 0 Å². The van der Waals surface area contributed by atoms with E-state index in [1.54, 1.807) is 0 Å². The maximum absolute atomic E-state index is 2.43. The summed E-state index contributed by atoms with van der Waals surface area (Å²) in [4.78, 5) is 0. The number of hydrogen-bond acceptors (Lipinski definition) is 0. The molecule has 0 spiro atoms. The first-order chi connectivity index (χ1) is 6.34. The lowest BCUT2D eigenvalue weighted by atomic mass is 9.92. The van der Waals surface area contributed by atoms with Gasteiger partial charge in [-0.05, 0) is 31.6 Å². The molecule has 0 nitrogen and oxygen atoms in total. The molecule has 1 saturated carbocycles. The average Bonchev–Trinajstić information content (AvgIpc) is 2.52. The van der Waals surface area contributed by atoms with E-state index < -0.39 is 0 Å². The molecule has 0 aromatic carbocycles.